The minimum Gasteiger partial charge on any atom is -0.359 e. The molecule has 32 heavy (non-hydrogen) atoms. The molecule has 1 N–H and O–H groups in total. The van der Waals surface area contributed by atoms with Crippen LogP contribution in [0.1, 0.15) is 5.56 Å². The van der Waals surface area contributed by atoms with Gasteiger partial charge in [-0.05, 0) is 36.4 Å². The van der Waals surface area contributed by atoms with Crippen LogP contribution in [0.3, 0.4) is 0 Å². The Balaban J connectivity index is 1.56. The van der Waals surface area contributed by atoms with Crippen LogP contribution in [-0.4, -0.2) is 40.9 Å². The number of benzene rings is 1. The molecule has 1 atom stereocenters. The first-order valence-electron chi connectivity index (χ1n) is 9.79. The normalized spacial score (nSPS) is 17.3. The number of anilines is 3. The summed E-state index contributed by atoms with van der Waals surface area (Å²) < 4.78 is 39.5. The Kier molecular flexibility index (Phi) is 4.58. The number of aromatic nitrogens is 2. The molecule has 4 heterocycles. The number of fused-ring (bicyclic) bond motifs is 4. The number of urea groups is 1. The largest absolute Gasteiger partial charge is 0.416 e. The van der Waals surface area contributed by atoms with Gasteiger partial charge >= 0.3 is 12.2 Å². The number of nitrogens with zero attached hydrogens (tertiary/aromatic N) is 4. The molecule has 1 fully saturated rings. The molecular formula is C22H16F3N5O2. The highest BCUT2D eigenvalue weighted by atomic mass is 19.4. The molecule has 10 heteroatoms. The van der Waals surface area contributed by atoms with Crippen molar-refractivity contribution < 1.29 is 22.8 Å². The van der Waals surface area contributed by atoms with Crippen molar-refractivity contribution in [2.24, 2.45) is 0 Å². The maximum atomic E-state index is 13.2. The number of hydrogen-bond acceptors (Lipinski definition) is 5. The van der Waals surface area contributed by atoms with Crippen LogP contribution in [-0.2, 0) is 11.0 Å². The van der Waals surface area contributed by atoms with Crippen LogP contribution >= 0.6 is 0 Å². The van der Waals surface area contributed by atoms with Crippen molar-refractivity contribution in [2.45, 2.75) is 12.2 Å². The molecule has 0 radical (unpaired) electrons. The second-order valence-electron chi connectivity index (χ2n) is 7.50. The molecule has 3 aromatic rings. The summed E-state index contributed by atoms with van der Waals surface area (Å²) in [6.07, 6.45) is -2.97. The minimum atomic E-state index is -4.49. The van der Waals surface area contributed by atoms with Gasteiger partial charge in [-0.1, -0.05) is 18.2 Å². The van der Waals surface area contributed by atoms with Gasteiger partial charge in [0.1, 0.15) is 11.9 Å². The number of ketones is 1. The highest BCUT2D eigenvalue weighted by Gasteiger charge is 2.45. The number of hydrogen-bond donors (Lipinski definition) is 1. The predicted octanol–water partition coefficient (Wildman–Crippen LogP) is 3.97. The molecule has 7 nitrogen and oxygen atoms in total. The molecule has 2 aliphatic heterocycles. The number of carbonyl (C=O) groups excluding carboxylic acids is 2. The summed E-state index contributed by atoms with van der Waals surface area (Å²) in [7, 11) is 0. The molecule has 1 unspecified atom stereocenters. The van der Waals surface area contributed by atoms with E-state index in [1.807, 2.05) is 4.90 Å². The first kappa shape index (κ1) is 20.0. The molecule has 2 bridgehead atoms. The van der Waals surface area contributed by atoms with Gasteiger partial charge in [-0.2, -0.15) is 13.2 Å². The van der Waals surface area contributed by atoms with Crippen molar-refractivity contribution in [2.75, 3.05) is 28.2 Å². The van der Waals surface area contributed by atoms with Gasteiger partial charge in [0.25, 0.3) is 0 Å². The maximum absolute atomic E-state index is 13.2. The Morgan fingerprint density at radius 2 is 1.94 bits per heavy atom. The van der Waals surface area contributed by atoms with E-state index in [0.717, 1.165) is 12.1 Å². The molecule has 0 saturated carbocycles. The Morgan fingerprint density at radius 3 is 2.69 bits per heavy atom. The second kappa shape index (κ2) is 7.33. The summed E-state index contributed by atoms with van der Waals surface area (Å²) in [5.41, 5.74) is 0.296. The van der Waals surface area contributed by atoms with E-state index < -0.39 is 23.8 Å². The van der Waals surface area contributed by atoms with Crippen LogP contribution in [0.15, 0.2) is 60.8 Å². The molecule has 1 saturated heterocycles. The summed E-state index contributed by atoms with van der Waals surface area (Å²) in [4.78, 5) is 37.3. The summed E-state index contributed by atoms with van der Waals surface area (Å²) in [6, 6.07) is 11.8. The number of nitrogens with one attached hydrogen (secondary N) is 1. The van der Waals surface area contributed by atoms with Gasteiger partial charge in [0, 0.05) is 18.3 Å². The van der Waals surface area contributed by atoms with Crippen LogP contribution in [0, 0.1) is 0 Å². The van der Waals surface area contributed by atoms with Gasteiger partial charge in [-0.25, -0.2) is 14.8 Å². The number of rotatable bonds is 2. The van der Waals surface area contributed by atoms with Gasteiger partial charge in [0.15, 0.2) is 11.6 Å². The summed E-state index contributed by atoms with van der Waals surface area (Å²) in [5.74, 6) is 0.385. The van der Waals surface area contributed by atoms with Crippen molar-refractivity contribution >= 4 is 29.1 Å². The van der Waals surface area contributed by atoms with Crippen molar-refractivity contribution in [3.8, 4) is 11.3 Å². The van der Waals surface area contributed by atoms with E-state index in [9.17, 15) is 22.8 Å². The summed E-state index contributed by atoms with van der Waals surface area (Å²) >= 11 is 0. The highest BCUT2D eigenvalue weighted by Crippen LogP contribution is 2.40. The topological polar surface area (TPSA) is 78.4 Å². The van der Waals surface area contributed by atoms with E-state index in [4.69, 9.17) is 0 Å². The lowest BCUT2D eigenvalue weighted by Crippen LogP contribution is -2.50. The lowest BCUT2D eigenvalue weighted by Gasteiger charge is -2.34. The number of halogens is 3. The van der Waals surface area contributed by atoms with Gasteiger partial charge < -0.3 is 4.90 Å². The Labute approximate surface area is 180 Å². The van der Waals surface area contributed by atoms with Crippen molar-refractivity contribution in [1.82, 2.24) is 9.97 Å². The fourth-order valence-electron chi connectivity index (χ4n) is 3.95. The van der Waals surface area contributed by atoms with Crippen molar-refractivity contribution in [3.63, 3.8) is 0 Å². The summed E-state index contributed by atoms with van der Waals surface area (Å²) in [5, 5.41) is 2.66. The zero-order valence-electron chi connectivity index (χ0n) is 16.5. The number of Topliss-reactive ketones (excluding diaryl/α,β-unsaturated/α-hetero) is 1. The van der Waals surface area contributed by atoms with Gasteiger partial charge in [-0.3, -0.25) is 15.0 Å². The molecule has 0 spiro atoms. The average Bonchev–Trinajstić information content (AvgIpc) is 3.10. The highest BCUT2D eigenvalue weighted by molar-refractivity contribution is 6.12. The van der Waals surface area contributed by atoms with Gasteiger partial charge in [0.05, 0.1) is 23.5 Å². The van der Waals surface area contributed by atoms with Crippen LogP contribution in [0.2, 0.25) is 0 Å². The van der Waals surface area contributed by atoms with E-state index in [1.165, 1.54) is 23.2 Å². The number of alkyl halides is 3. The SMILES string of the molecule is O=C1CN2CC1N(C(=O)Nc1ccccn1)c1nc(-c3cccc(C(F)(F)F)c3)ccc12. The van der Waals surface area contributed by atoms with Gasteiger partial charge in [-0.15, -0.1) is 0 Å². The van der Waals surface area contributed by atoms with E-state index in [-0.39, 0.29) is 29.4 Å². The smallest absolute Gasteiger partial charge is 0.359 e. The Hall–Kier alpha value is -3.95. The third-order valence-corrected chi connectivity index (χ3v) is 5.45. The third-order valence-electron chi connectivity index (χ3n) is 5.45. The van der Waals surface area contributed by atoms with Gasteiger partial charge in [0.2, 0.25) is 0 Å². The monoisotopic (exact) mass is 439 g/mol. The lowest BCUT2D eigenvalue weighted by molar-refractivity contribution is -0.137. The standard InChI is InChI=1S/C22H16F3N5O2/c23-22(24,25)14-5-3-4-13(10-14)15-7-8-16-20(27-15)30(17-11-29(16)12-18(17)31)21(32)28-19-6-1-2-9-26-19/h1-10,17H,11-12H2,(H,26,28,32). The quantitative estimate of drug-likeness (QED) is 0.654. The maximum Gasteiger partial charge on any atom is 0.416 e. The molecule has 2 aliphatic rings. The molecule has 0 aliphatic carbocycles. The third kappa shape index (κ3) is 3.43. The average molecular weight is 439 g/mol. The second-order valence-corrected chi connectivity index (χ2v) is 7.50. The molecular weight excluding hydrogens is 423 g/mol. The lowest BCUT2D eigenvalue weighted by atomic mass is 10.1. The van der Waals surface area contributed by atoms with Crippen LogP contribution < -0.4 is 15.1 Å². The molecule has 2 aromatic heterocycles. The fraction of sp³-hybridized carbons (Fsp3) is 0.182. The Morgan fingerprint density at radius 1 is 1.09 bits per heavy atom. The molecule has 2 amide bonds. The Bertz CT molecular complexity index is 1220. The number of amides is 2. The fourth-order valence-corrected chi connectivity index (χ4v) is 3.95. The molecule has 1 aromatic carbocycles. The predicted molar refractivity (Wildman–Crippen MR) is 111 cm³/mol. The van der Waals surface area contributed by atoms with E-state index >= 15 is 0 Å². The minimum absolute atomic E-state index is 0.135. The zero-order valence-corrected chi connectivity index (χ0v) is 16.5. The van der Waals surface area contributed by atoms with Crippen molar-refractivity contribution in [3.05, 3.63) is 66.4 Å². The molecule has 5 rings (SSSR count). The zero-order chi connectivity index (χ0) is 22.5. The number of carbonyl (C=O) groups is 2. The van der Waals surface area contributed by atoms with Crippen LogP contribution in [0.5, 0.6) is 0 Å². The van der Waals surface area contributed by atoms with E-state index in [2.05, 4.69) is 15.3 Å². The number of pyridine rings is 2. The summed E-state index contributed by atoms with van der Waals surface area (Å²) in [6.45, 7) is 0.460. The first-order valence-corrected chi connectivity index (χ1v) is 9.79. The van der Waals surface area contributed by atoms with E-state index in [0.29, 0.717) is 18.1 Å². The molecule has 162 valence electrons. The van der Waals surface area contributed by atoms with E-state index in [1.54, 1.807) is 30.3 Å². The van der Waals surface area contributed by atoms with Crippen LogP contribution in [0.4, 0.5) is 35.3 Å². The van der Waals surface area contributed by atoms with Crippen LogP contribution in [0.25, 0.3) is 11.3 Å². The van der Waals surface area contributed by atoms with Crippen molar-refractivity contribution in [1.29, 1.82) is 0 Å². The first-order chi connectivity index (χ1) is 15.3.